The van der Waals surface area contributed by atoms with Crippen LogP contribution < -0.4 is 4.31 Å². The molecule has 2 aromatic rings. The fourth-order valence-electron chi connectivity index (χ4n) is 2.30. The van der Waals surface area contributed by atoms with Gasteiger partial charge in [-0.15, -0.1) is 0 Å². The highest BCUT2D eigenvalue weighted by Gasteiger charge is 2.26. The van der Waals surface area contributed by atoms with Crippen molar-refractivity contribution in [2.45, 2.75) is 25.7 Å². The number of sulfonamides is 1. The first kappa shape index (κ1) is 15.4. The fourth-order valence-corrected chi connectivity index (χ4v) is 4.06. The van der Waals surface area contributed by atoms with Crippen LogP contribution in [-0.2, 0) is 10.0 Å². The highest BCUT2D eigenvalue weighted by Crippen LogP contribution is 2.30. The maximum atomic E-state index is 12.9. The van der Waals surface area contributed by atoms with Gasteiger partial charge in [0.1, 0.15) is 5.75 Å². The minimum absolute atomic E-state index is 0.0500. The van der Waals surface area contributed by atoms with Crippen molar-refractivity contribution in [2.24, 2.45) is 0 Å². The van der Waals surface area contributed by atoms with Crippen molar-refractivity contribution in [3.8, 4) is 5.75 Å². The summed E-state index contributed by atoms with van der Waals surface area (Å²) < 4.78 is 27.1. The minimum atomic E-state index is -3.65. The van der Waals surface area contributed by atoms with Crippen LogP contribution in [0.4, 0.5) is 5.69 Å². The number of aromatic hydroxyl groups is 1. The molecule has 1 N–H and O–H groups in total. The molecule has 0 saturated carbocycles. The van der Waals surface area contributed by atoms with Crippen LogP contribution in [0, 0.1) is 13.8 Å². The molecule has 0 radical (unpaired) electrons. The Labute approximate surface area is 125 Å². The summed E-state index contributed by atoms with van der Waals surface area (Å²) in [6, 6.07) is 11.6. The zero-order chi connectivity index (χ0) is 15.6. The van der Waals surface area contributed by atoms with Gasteiger partial charge in [0.15, 0.2) is 0 Å². The van der Waals surface area contributed by atoms with E-state index in [1.165, 1.54) is 10.4 Å². The number of phenols is 1. The molecule has 0 spiro atoms. The average molecular weight is 305 g/mol. The Kier molecular flexibility index (Phi) is 4.23. The van der Waals surface area contributed by atoms with Gasteiger partial charge in [-0.05, 0) is 44.0 Å². The maximum Gasteiger partial charge on any atom is 0.264 e. The average Bonchev–Trinajstić information content (AvgIpc) is 2.43. The van der Waals surface area contributed by atoms with Gasteiger partial charge >= 0.3 is 0 Å². The van der Waals surface area contributed by atoms with Gasteiger partial charge in [-0.3, -0.25) is 4.31 Å². The molecule has 21 heavy (non-hydrogen) atoms. The molecule has 0 amide bonds. The second-order valence-corrected chi connectivity index (χ2v) is 6.74. The number of phenolic OH excluding ortho intramolecular Hbond substituents is 1. The van der Waals surface area contributed by atoms with E-state index in [1.54, 1.807) is 44.2 Å². The van der Waals surface area contributed by atoms with Gasteiger partial charge in [0.05, 0.1) is 10.6 Å². The van der Waals surface area contributed by atoms with E-state index in [1.807, 2.05) is 13.0 Å². The SMILES string of the molecule is CCN(c1cc(O)ccc1C)S(=O)(=O)c1ccccc1C. The topological polar surface area (TPSA) is 57.6 Å². The predicted octanol–water partition coefficient (Wildman–Crippen LogP) is 3.22. The zero-order valence-electron chi connectivity index (χ0n) is 12.4. The van der Waals surface area contributed by atoms with Crippen molar-refractivity contribution in [2.75, 3.05) is 10.8 Å². The van der Waals surface area contributed by atoms with Crippen LogP contribution in [0.3, 0.4) is 0 Å². The molecule has 2 aromatic carbocycles. The van der Waals surface area contributed by atoms with Crippen molar-refractivity contribution >= 4 is 15.7 Å². The number of benzene rings is 2. The maximum absolute atomic E-state index is 12.9. The van der Waals surface area contributed by atoms with Crippen LogP contribution >= 0.6 is 0 Å². The Hall–Kier alpha value is -2.01. The molecule has 0 aromatic heterocycles. The third kappa shape index (κ3) is 2.88. The normalized spacial score (nSPS) is 11.4. The van der Waals surface area contributed by atoms with Gasteiger partial charge in [-0.1, -0.05) is 24.3 Å². The number of anilines is 1. The molecule has 112 valence electrons. The van der Waals surface area contributed by atoms with Crippen LogP contribution in [0.5, 0.6) is 5.75 Å². The van der Waals surface area contributed by atoms with E-state index in [9.17, 15) is 13.5 Å². The predicted molar refractivity (Wildman–Crippen MR) is 84.2 cm³/mol. The lowest BCUT2D eigenvalue weighted by Crippen LogP contribution is -2.31. The summed E-state index contributed by atoms with van der Waals surface area (Å²) in [5, 5.41) is 9.65. The van der Waals surface area contributed by atoms with E-state index in [-0.39, 0.29) is 10.6 Å². The number of hydrogen-bond acceptors (Lipinski definition) is 3. The molecular weight excluding hydrogens is 286 g/mol. The van der Waals surface area contributed by atoms with Crippen LogP contribution in [0.15, 0.2) is 47.4 Å². The van der Waals surface area contributed by atoms with E-state index in [0.29, 0.717) is 17.8 Å². The molecule has 2 rings (SSSR count). The number of nitrogens with zero attached hydrogens (tertiary/aromatic N) is 1. The lowest BCUT2D eigenvalue weighted by molar-refractivity contribution is 0.475. The van der Waals surface area contributed by atoms with Crippen molar-refractivity contribution in [3.63, 3.8) is 0 Å². The van der Waals surface area contributed by atoms with E-state index < -0.39 is 10.0 Å². The standard InChI is InChI=1S/C16H19NO3S/c1-4-17(15-11-14(18)10-9-12(15)2)21(19,20)16-8-6-5-7-13(16)3/h5-11,18H,4H2,1-3H3. The fraction of sp³-hybridized carbons (Fsp3) is 0.250. The van der Waals surface area contributed by atoms with Crippen LogP contribution in [0.1, 0.15) is 18.1 Å². The number of hydrogen-bond donors (Lipinski definition) is 1. The Balaban J connectivity index is 2.60. The first-order chi connectivity index (χ1) is 9.87. The summed E-state index contributed by atoms with van der Waals surface area (Å²) in [6.45, 7) is 5.67. The van der Waals surface area contributed by atoms with Gasteiger partial charge in [0, 0.05) is 12.6 Å². The molecule has 4 nitrogen and oxygen atoms in total. The van der Waals surface area contributed by atoms with E-state index >= 15 is 0 Å². The largest absolute Gasteiger partial charge is 0.508 e. The second kappa shape index (κ2) is 5.77. The van der Waals surface area contributed by atoms with E-state index in [4.69, 9.17) is 0 Å². The van der Waals surface area contributed by atoms with Crippen molar-refractivity contribution in [3.05, 3.63) is 53.6 Å². The first-order valence-electron chi connectivity index (χ1n) is 6.76. The van der Waals surface area contributed by atoms with Gasteiger partial charge in [0.2, 0.25) is 0 Å². The lowest BCUT2D eigenvalue weighted by Gasteiger charge is -2.25. The van der Waals surface area contributed by atoms with Crippen LogP contribution in [0.25, 0.3) is 0 Å². The van der Waals surface area contributed by atoms with Crippen molar-refractivity contribution in [1.82, 2.24) is 0 Å². The Morgan fingerprint density at radius 2 is 1.71 bits per heavy atom. The van der Waals surface area contributed by atoms with Crippen molar-refractivity contribution in [1.29, 1.82) is 0 Å². The van der Waals surface area contributed by atoms with E-state index in [0.717, 1.165) is 5.56 Å². The summed E-state index contributed by atoms with van der Waals surface area (Å²) in [6.07, 6.45) is 0. The van der Waals surface area contributed by atoms with Crippen LogP contribution in [-0.4, -0.2) is 20.1 Å². The van der Waals surface area contributed by atoms with Gasteiger partial charge in [0.25, 0.3) is 10.0 Å². The summed E-state index contributed by atoms with van der Waals surface area (Å²) >= 11 is 0. The van der Waals surface area contributed by atoms with Crippen LogP contribution in [0.2, 0.25) is 0 Å². The van der Waals surface area contributed by atoms with Gasteiger partial charge in [-0.2, -0.15) is 0 Å². The Morgan fingerprint density at radius 3 is 2.33 bits per heavy atom. The second-order valence-electron chi connectivity index (χ2n) is 4.91. The molecule has 0 aliphatic carbocycles. The molecule has 0 fully saturated rings. The third-order valence-electron chi connectivity index (χ3n) is 3.41. The Bertz CT molecular complexity index is 754. The summed E-state index contributed by atoms with van der Waals surface area (Å²) in [4.78, 5) is 0.287. The molecular formula is C16H19NO3S. The number of rotatable bonds is 4. The summed E-state index contributed by atoms with van der Waals surface area (Å²) in [5.74, 6) is 0.0500. The molecule has 0 atom stereocenters. The van der Waals surface area contributed by atoms with Crippen molar-refractivity contribution < 1.29 is 13.5 Å². The summed E-state index contributed by atoms with van der Waals surface area (Å²) in [5.41, 5.74) is 2.00. The van der Waals surface area contributed by atoms with Gasteiger partial charge in [-0.25, -0.2) is 8.42 Å². The zero-order valence-corrected chi connectivity index (χ0v) is 13.2. The first-order valence-corrected chi connectivity index (χ1v) is 8.20. The third-order valence-corrected chi connectivity index (χ3v) is 5.46. The molecule has 0 bridgehead atoms. The molecule has 0 unspecified atom stereocenters. The molecule has 5 heteroatoms. The molecule has 0 saturated heterocycles. The minimum Gasteiger partial charge on any atom is -0.508 e. The monoisotopic (exact) mass is 305 g/mol. The highest BCUT2D eigenvalue weighted by atomic mass is 32.2. The van der Waals surface area contributed by atoms with Gasteiger partial charge < -0.3 is 5.11 Å². The quantitative estimate of drug-likeness (QED) is 0.943. The lowest BCUT2D eigenvalue weighted by atomic mass is 10.2. The molecule has 0 heterocycles. The highest BCUT2D eigenvalue weighted by molar-refractivity contribution is 7.92. The molecule has 0 aliphatic rings. The molecule has 0 aliphatic heterocycles. The van der Waals surface area contributed by atoms with E-state index in [2.05, 4.69) is 0 Å². The smallest absolute Gasteiger partial charge is 0.264 e. The number of aryl methyl sites for hydroxylation is 2. The summed E-state index contributed by atoms with van der Waals surface area (Å²) in [7, 11) is -3.65. The Morgan fingerprint density at radius 1 is 1.05 bits per heavy atom.